The molecule has 1 heterocycles. The number of halogens is 1. The van der Waals surface area contributed by atoms with Crippen LogP contribution in [0.4, 0.5) is 0 Å². The number of carbonyl (C=O) groups excluding carboxylic acids is 1. The Morgan fingerprint density at radius 2 is 1.54 bits per heavy atom. The van der Waals surface area contributed by atoms with Crippen molar-refractivity contribution in [2.45, 2.75) is 6.54 Å². The van der Waals surface area contributed by atoms with E-state index >= 15 is 0 Å². The van der Waals surface area contributed by atoms with Gasteiger partial charge in [-0.2, -0.15) is 0 Å². The topological polar surface area (TPSA) is 24.8 Å². The molecule has 1 aliphatic rings. The fraction of sp³-hybridized carbons (Fsp3) is 0.208. The summed E-state index contributed by atoms with van der Waals surface area (Å²) >= 11 is 3.54. The number of nitrogens with one attached hydrogen (secondary N) is 1. The molecule has 1 amide bonds. The molecule has 4 heteroatoms. The number of hydrogen-bond donors (Lipinski definition) is 1. The lowest BCUT2D eigenvalue weighted by Crippen LogP contribution is -3.13. The first-order valence-corrected chi connectivity index (χ1v) is 10.5. The zero-order valence-corrected chi connectivity index (χ0v) is 17.4. The summed E-state index contributed by atoms with van der Waals surface area (Å²) in [5.41, 5.74) is 4.42. The van der Waals surface area contributed by atoms with E-state index in [0.29, 0.717) is 0 Å². The number of piperazine rings is 1. The second-order valence-electron chi connectivity index (χ2n) is 7.29. The van der Waals surface area contributed by atoms with Crippen molar-refractivity contribution in [2.24, 2.45) is 0 Å². The number of carbonyl (C=O) groups is 1. The standard InChI is InChI=1S/C24H23BrN2O/c25-23-8-4-5-19(17-23)18-26-13-15-27(16-14-26)24(28)22-11-9-21(10-12-22)20-6-2-1-3-7-20/h1-12,17H,13-16,18H2/p+1. The molecule has 142 valence electrons. The van der Waals surface area contributed by atoms with Crippen LogP contribution in [0.15, 0.2) is 83.3 Å². The van der Waals surface area contributed by atoms with Gasteiger partial charge in [0.25, 0.3) is 5.91 Å². The minimum atomic E-state index is 0.140. The molecule has 0 atom stereocenters. The Kier molecular flexibility index (Phi) is 5.89. The van der Waals surface area contributed by atoms with Crippen molar-refractivity contribution in [3.63, 3.8) is 0 Å². The molecule has 3 aromatic rings. The lowest BCUT2D eigenvalue weighted by Gasteiger charge is -2.32. The van der Waals surface area contributed by atoms with Gasteiger partial charge >= 0.3 is 0 Å². The van der Waals surface area contributed by atoms with Gasteiger partial charge in [0.05, 0.1) is 26.2 Å². The molecule has 0 unspecified atom stereocenters. The van der Waals surface area contributed by atoms with Gasteiger partial charge in [0.1, 0.15) is 6.54 Å². The highest BCUT2D eigenvalue weighted by molar-refractivity contribution is 9.10. The van der Waals surface area contributed by atoms with Crippen LogP contribution in [0.5, 0.6) is 0 Å². The summed E-state index contributed by atoms with van der Waals surface area (Å²) < 4.78 is 1.12. The predicted molar refractivity (Wildman–Crippen MR) is 116 cm³/mol. The molecule has 0 bridgehead atoms. The second-order valence-corrected chi connectivity index (χ2v) is 8.21. The van der Waals surface area contributed by atoms with Crippen LogP contribution in [0.2, 0.25) is 0 Å². The number of hydrogen-bond acceptors (Lipinski definition) is 1. The van der Waals surface area contributed by atoms with E-state index in [9.17, 15) is 4.79 Å². The smallest absolute Gasteiger partial charge is 0.254 e. The minimum Gasteiger partial charge on any atom is -0.328 e. The second kappa shape index (κ2) is 8.72. The summed E-state index contributed by atoms with van der Waals surface area (Å²) in [6.07, 6.45) is 0. The van der Waals surface area contributed by atoms with E-state index in [-0.39, 0.29) is 5.91 Å². The van der Waals surface area contributed by atoms with Crippen molar-refractivity contribution in [3.8, 4) is 11.1 Å². The Morgan fingerprint density at radius 3 is 2.21 bits per heavy atom. The molecule has 1 aliphatic heterocycles. The normalized spacial score (nSPS) is 14.8. The Balaban J connectivity index is 1.35. The lowest BCUT2D eigenvalue weighted by atomic mass is 10.0. The van der Waals surface area contributed by atoms with E-state index in [2.05, 4.69) is 52.3 Å². The molecule has 4 rings (SSSR count). The minimum absolute atomic E-state index is 0.140. The number of amides is 1. The van der Waals surface area contributed by atoms with Crippen molar-refractivity contribution >= 4 is 21.8 Å². The Labute approximate surface area is 174 Å². The number of quaternary nitrogens is 1. The first-order chi connectivity index (χ1) is 13.7. The Bertz CT molecular complexity index is 932. The van der Waals surface area contributed by atoms with Crippen molar-refractivity contribution in [1.82, 2.24) is 4.90 Å². The summed E-state index contributed by atoms with van der Waals surface area (Å²) in [6.45, 7) is 4.60. The molecule has 0 saturated carbocycles. The van der Waals surface area contributed by atoms with E-state index in [4.69, 9.17) is 0 Å². The summed E-state index contributed by atoms with van der Waals surface area (Å²) in [6, 6.07) is 26.7. The zero-order valence-electron chi connectivity index (χ0n) is 15.8. The van der Waals surface area contributed by atoms with Gasteiger partial charge in [0.15, 0.2) is 0 Å². The molecule has 0 spiro atoms. The van der Waals surface area contributed by atoms with E-state index in [1.807, 2.05) is 47.4 Å². The van der Waals surface area contributed by atoms with Crippen molar-refractivity contribution < 1.29 is 9.69 Å². The largest absolute Gasteiger partial charge is 0.328 e. The fourth-order valence-corrected chi connectivity index (χ4v) is 4.20. The Morgan fingerprint density at radius 1 is 0.857 bits per heavy atom. The van der Waals surface area contributed by atoms with Gasteiger partial charge in [0, 0.05) is 15.6 Å². The highest BCUT2D eigenvalue weighted by atomic mass is 79.9. The number of rotatable bonds is 4. The van der Waals surface area contributed by atoms with Gasteiger partial charge in [-0.3, -0.25) is 4.79 Å². The van der Waals surface area contributed by atoms with Crippen molar-refractivity contribution in [1.29, 1.82) is 0 Å². The first-order valence-electron chi connectivity index (χ1n) is 9.72. The highest BCUT2D eigenvalue weighted by Crippen LogP contribution is 2.20. The van der Waals surface area contributed by atoms with Crippen molar-refractivity contribution in [2.75, 3.05) is 26.2 Å². The van der Waals surface area contributed by atoms with Crippen LogP contribution in [-0.4, -0.2) is 37.0 Å². The van der Waals surface area contributed by atoms with E-state index in [1.165, 1.54) is 16.0 Å². The lowest BCUT2D eigenvalue weighted by molar-refractivity contribution is -0.917. The van der Waals surface area contributed by atoms with Crippen LogP contribution in [0.25, 0.3) is 11.1 Å². The van der Waals surface area contributed by atoms with Crippen LogP contribution >= 0.6 is 15.9 Å². The maximum Gasteiger partial charge on any atom is 0.254 e. The van der Waals surface area contributed by atoms with E-state index in [1.54, 1.807) is 0 Å². The third kappa shape index (κ3) is 4.51. The maximum atomic E-state index is 12.9. The first kappa shape index (κ1) is 18.9. The molecule has 0 aromatic heterocycles. The van der Waals surface area contributed by atoms with Gasteiger partial charge in [-0.15, -0.1) is 0 Å². The highest BCUT2D eigenvalue weighted by Gasteiger charge is 2.24. The SMILES string of the molecule is O=C(c1ccc(-c2ccccc2)cc1)N1CC[NH+](Cc2cccc(Br)c2)CC1. The maximum absolute atomic E-state index is 12.9. The van der Waals surface area contributed by atoms with Crippen LogP contribution in [0.1, 0.15) is 15.9 Å². The van der Waals surface area contributed by atoms with E-state index < -0.39 is 0 Å². The van der Waals surface area contributed by atoms with Gasteiger partial charge in [0.2, 0.25) is 0 Å². The molecule has 0 radical (unpaired) electrons. The average molecular weight is 436 g/mol. The van der Waals surface area contributed by atoms with E-state index in [0.717, 1.165) is 48.3 Å². The molecular weight excluding hydrogens is 412 g/mol. The van der Waals surface area contributed by atoms with Gasteiger partial charge in [-0.05, 0) is 35.4 Å². The van der Waals surface area contributed by atoms with Crippen LogP contribution in [0.3, 0.4) is 0 Å². The molecule has 1 fully saturated rings. The predicted octanol–water partition coefficient (Wildman–Crippen LogP) is 3.66. The fourth-order valence-electron chi connectivity index (χ4n) is 3.76. The molecular formula is C24H24BrN2O+. The zero-order chi connectivity index (χ0) is 19.3. The summed E-state index contributed by atoms with van der Waals surface area (Å²) in [5, 5.41) is 0. The Hall–Kier alpha value is -2.43. The molecule has 28 heavy (non-hydrogen) atoms. The third-order valence-electron chi connectivity index (χ3n) is 5.34. The van der Waals surface area contributed by atoms with Crippen LogP contribution in [0, 0.1) is 0 Å². The molecule has 0 aliphatic carbocycles. The number of benzene rings is 3. The summed E-state index contributed by atoms with van der Waals surface area (Å²) in [7, 11) is 0. The monoisotopic (exact) mass is 435 g/mol. The van der Waals surface area contributed by atoms with Crippen LogP contribution < -0.4 is 4.90 Å². The average Bonchev–Trinajstić information content (AvgIpc) is 2.75. The van der Waals surface area contributed by atoms with Crippen LogP contribution in [-0.2, 0) is 6.54 Å². The molecule has 1 N–H and O–H groups in total. The van der Waals surface area contributed by atoms with Gasteiger partial charge in [-0.25, -0.2) is 0 Å². The molecule has 1 saturated heterocycles. The third-order valence-corrected chi connectivity index (χ3v) is 5.83. The molecule has 3 aromatic carbocycles. The summed E-state index contributed by atoms with van der Waals surface area (Å²) in [4.78, 5) is 16.4. The van der Waals surface area contributed by atoms with Gasteiger partial charge in [-0.1, -0.05) is 70.5 Å². The number of nitrogens with zero attached hydrogens (tertiary/aromatic N) is 1. The quantitative estimate of drug-likeness (QED) is 0.664. The van der Waals surface area contributed by atoms with Gasteiger partial charge < -0.3 is 9.80 Å². The van der Waals surface area contributed by atoms with Crippen molar-refractivity contribution in [3.05, 3.63) is 94.5 Å². The molecule has 3 nitrogen and oxygen atoms in total. The summed E-state index contributed by atoms with van der Waals surface area (Å²) in [5.74, 6) is 0.140.